The first-order valence-electron chi connectivity index (χ1n) is 6.93. The van der Waals surface area contributed by atoms with Gasteiger partial charge in [0.15, 0.2) is 0 Å². The summed E-state index contributed by atoms with van der Waals surface area (Å²) in [4.78, 5) is 0. The summed E-state index contributed by atoms with van der Waals surface area (Å²) in [6.45, 7) is 1.67. The summed E-state index contributed by atoms with van der Waals surface area (Å²) in [5, 5.41) is 9.98. The van der Waals surface area contributed by atoms with Gasteiger partial charge in [-0.1, -0.05) is 35.9 Å². The Morgan fingerprint density at radius 2 is 1.78 bits per heavy atom. The van der Waals surface area contributed by atoms with Crippen molar-refractivity contribution in [3.8, 4) is 0 Å². The molecule has 0 heterocycles. The van der Waals surface area contributed by atoms with Crippen LogP contribution < -0.4 is 4.72 Å². The number of hydrogen-bond donors (Lipinski definition) is 2. The van der Waals surface area contributed by atoms with Gasteiger partial charge in [-0.05, 0) is 18.6 Å². The highest BCUT2D eigenvalue weighted by atomic mass is 32.2. The normalized spacial score (nSPS) is 13.0. The molecule has 4 nitrogen and oxygen atoms in total. The van der Waals surface area contributed by atoms with Crippen molar-refractivity contribution in [1.82, 2.24) is 4.72 Å². The third-order valence-electron chi connectivity index (χ3n) is 3.32. The van der Waals surface area contributed by atoms with Crippen molar-refractivity contribution >= 4 is 10.0 Å². The first-order chi connectivity index (χ1) is 10.8. The van der Waals surface area contributed by atoms with E-state index in [1.54, 1.807) is 24.3 Å². The summed E-state index contributed by atoms with van der Waals surface area (Å²) in [6, 6.07) is 9.73. The topological polar surface area (TPSA) is 66.4 Å². The van der Waals surface area contributed by atoms with E-state index in [4.69, 9.17) is 0 Å². The van der Waals surface area contributed by atoms with Crippen molar-refractivity contribution in [2.45, 2.75) is 18.8 Å². The van der Waals surface area contributed by atoms with E-state index in [9.17, 15) is 22.3 Å². The zero-order valence-electron chi connectivity index (χ0n) is 12.5. The van der Waals surface area contributed by atoms with Crippen LogP contribution in [-0.2, 0) is 15.8 Å². The van der Waals surface area contributed by atoms with E-state index in [-0.39, 0.29) is 12.1 Å². The molecule has 0 aromatic heterocycles. The Morgan fingerprint density at radius 3 is 2.39 bits per heavy atom. The number of benzene rings is 2. The fourth-order valence-corrected chi connectivity index (χ4v) is 3.16. The Labute approximate surface area is 133 Å². The number of halogens is 2. The molecule has 0 saturated carbocycles. The van der Waals surface area contributed by atoms with Crippen LogP contribution in [0.25, 0.3) is 0 Å². The van der Waals surface area contributed by atoms with Gasteiger partial charge in [-0.15, -0.1) is 0 Å². The number of aliphatic hydroxyl groups is 1. The van der Waals surface area contributed by atoms with Gasteiger partial charge in [0.1, 0.15) is 11.6 Å². The lowest BCUT2D eigenvalue weighted by atomic mass is 10.1. The Kier molecular flexibility index (Phi) is 5.46. The Bertz CT molecular complexity index is 776. The van der Waals surface area contributed by atoms with Crippen LogP contribution >= 0.6 is 0 Å². The van der Waals surface area contributed by atoms with Crippen molar-refractivity contribution in [2.75, 3.05) is 6.54 Å². The molecule has 0 fully saturated rings. The molecule has 2 N–H and O–H groups in total. The van der Waals surface area contributed by atoms with Gasteiger partial charge in [-0.25, -0.2) is 21.9 Å². The molecule has 0 aliphatic carbocycles. The lowest BCUT2D eigenvalue weighted by Gasteiger charge is -2.13. The second kappa shape index (κ2) is 7.16. The molecule has 0 spiro atoms. The van der Waals surface area contributed by atoms with Crippen LogP contribution in [0.3, 0.4) is 0 Å². The molecule has 2 aromatic rings. The third kappa shape index (κ3) is 5.09. The molecule has 7 heteroatoms. The number of sulfonamides is 1. The summed E-state index contributed by atoms with van der Waals surface area (Å²) in [7, 11) is -3.85. The second-order valence-corrected chi connectivity index (χ2v) is 7.08. The van der Waals surface area contributed by atoms with E-state index in [0.717, 1.165) is 17.7 Å². The van der Waals surface area contributed by atoms with E-state index in [2.05, 4.69) is 4.72 Å². The van der Waals surface area contributed by atoms with Crippen LogP contribution in [0, 0.1) is 18.6 Å². The van der Waals surface area contributed by atoms with E-state index >= 15 is 0 Å². The van der Waals surface area contributed by atoms with Crippen LogP contribution in [0.5, 0.6) is 0 Å². The third-order valence-corrected chi connectivity index (χ3v) is 4.62. The maximum absolute atomic E-state index is 13.5. The fourth-order valence-electron chi connectivity index (χ4n) is 2.01. The highest BCUT2D eigenvalue weighted by molar-refractivity contribution is 7.88. The first-order valence-corrected chi connectivity index (χ1v) is 8.58. The molecule has 23 heavy (non-hydrogen) atoms. The number of nitrogens with one attached hydrogen (secondary N) is 1. The van der Waals surface area contributed by atoms with Crippen LogP contribution in [-0.4, -0.2) is 20.1 Å². The highest BCUT2D eigenvalue weighted by Crippen LogP contribution is 2.15. The minimum absolute atomic E-state index is 0.135. The molecule has 124 valence electrons. The predicted octanol–water partition coefficient (Wildman–Crippen LogP) is 2.43. The maximum Gasteiger partial charge on any atom is 0.215 e. The first kappa shape index (κ1) is 17.5. The molecular weight excluding hydrogens is 324 g/mol. The summed E-state index contributed by atoms with van der Waals surface area (Å²) >= 11 is 0. The molecule has 0 radical (unpaired) electrons. The van der Waals surface area contributed by atoms with Crippen molar-refractivity contribution in [1.29, 1.82) is 0 Å². The van der Waals surface area contributed by atoms with Crippen LogP contribution in [0.2, 0.25) is 0 Å². The highest BCUT2D eigenvalue weighted by Gasteiger charge is 2.17. The molecule has 2 aromatic carbocycles. The van der Waals surface area contributed by atoms with Gasteiger partial charge in [-0.2, -0.15) is 0 Å². The predicted molar refractivity (Wildman–Crippen MR) is 83.1 cm³/mol. The number of rotatable bonds is 6. The summed E-state index contributed by atoms with van der Waals surface area (Å²) in [5.74, 6) is -2.32. The maximum atomic E-state index is 13.5. The summed E-state index contributed by atoms with van der Waals surface area (Å²) < 4.78 is 52.4. The van der Waals surface area contributed by atoms with E-state index < -0.39 is 33.5 Å². The molecule has 1 atom stereocenters. The molecule has 0 aliphatic rings. The van der Waals surface area contributed by atoms with E-state index in [1.165, 1.54) is 0 Å². The van der Waals surface area contributed by atoms with Crippen LogP contribution in [0.1, 0.15) is 22.8 Å². The monoisotopic (exact) mass is 341 g/mol. The second-order valence-electron chi connectivity index (χ2n) is 5.27. The summed E-state index contributed by atoms with van der Waals surface area (Å²) in [6.07, 6.45) is -1.01. The number of aryl methyl sites for hydroxylation is 1. The van der Waals surface area contributed by atoms with Gasteiger partial charge in [0.2, 0.25) is 10.0 Å². The minimum Gasteiger partial charge on any atom is -0.387 e. The Balaban J connectivity index is 1.99. The molecule has 0 aliphatic heterocycles. The average molecular weight is 341 g/mol. The minimum atomic E-state index is -3.85. The quantitative estimate of drug-likeness (QED) is 0.848. The molecule has 0 bridgehead atoms. The molecular formula is C16H17F2NO3S. The van der Waals surface area contributed by atoms with Gasteiger partial charge in [0.25, 0.3) is 0 Å². The molecule has 0 amide bonds. The van der Waals surface area contributed by atoms with Gasteiger partial charge >= 0.3 is 0 Å². The van der Waals surface area contributed by atoms with Crippen molar-refractivity contribution in [3.05, 3.63) is 70.8 Å². The summed E-state index contributed by atoms with van der Waals surface area (Å²) in [5.41, 5.74) is 1.46. The van der Waals surface area contributed by atoms with E-state index in [1.807, 2.05) is 6.92 Å². The molecule has 2 rings (SSSR count). The van der Waals surface area contributed by atoms with Crippen molar-refractivity contribution in [2.24, 2.45) is 0 Å². The largest absolute Gasteiger partial charge is 0.387 e. The number of hydrogen-bond acceptors (Lipinski definition) is 3. The fraction of sp³-hybridized carbons (Fsp3) is 0.250. The zero-order valence-corrected chi connectivity index (χ0v) is 13.3. The lowest BCUT2D eigenvalue weighted by molar-refractivity contribution is 0.182. The standard InChI is InChI=1S/C16H17F2NO3S/c1-11-2-4-12(5-3-11)16(20)9-19-23(21,22)10-13-6-7-14(17)8-15(13)18/h2-8,16,19-20H,9-10H2,1H3. The SMILES string of the molecule is Cc1ccc(C(O)CNS(=O)(=O)Cc2ccc(F)cc2F)cc1. The van der Waals surface area contributed by atoms with Crippen molar-refractivity contribution in [3.63, 3.8) is 0 Å². The van der Waals surface area contributed by atoms with Crippen LogP contribution in [0.4, 0.5) is 8.78 Å². The average Bonchev–Trinajstić information content (AvgIpc) is 2.48. The Morgan fingerprint density at radius 1 is 1.13 bits per heavy atom. The van der Waals surface area contributed by atoms with Gasteiger partial charge in [-0.3, -0.25) is 0 Å². The van der Waals surface area contributed by atoms with Gasteiger partial charge in [0.05, 0.1) is 11.9 Å². The van der Waals surface area contributed by atoms with Crippen LogP contribution in [0.15, 0.2) is 42.5 Å². The van der Waals surface area contributed by atoms with Gasteiger partial charge < -0.3 is 5.11 Å². The zero-order chi connectivity index (χ0) is 17.0. The van der Waals surface area contributed by atoms with E-state index in [0.29, 0.717) is 11.6 Å². The molecule has 0 saturated heterocycles. The van der Waals surface area contributed by atoms with Crippen molar-refractivity contribution < 1.29 is 22.3 Å². The molecule has 1 unspecified atom stereocenters. The smallest absolute Gasteiger partial charge is 0.215 e. The van der Waals surface area contributed by atoms with Gasteiger partial charge in [0, 0.05) is 18.2 Å². The Hall–Kier alpha value is -1.83. The lowest BCUT2D eigenvalue weighted by Crippen LogP contribution is -2.29. The number of aliphatic hydroxyl groups excluding tert-OH is 1.